The van der Waals surface area contributed by atoms with Crippen LogP contribution in [0.2, 0.25) is 5.02 Å². The van der Waals surface area contributed by atoms with E-state index in [9.17, 15) is 4.79 Å². The number of pyridine rings is 1. The van der Waals surface area contributed by atoms with Crippen molar-refractivity contribution in [2.24, 2.45) is 0 Å². The van der Waals surface area contributed by atoms with Gasteiger partial charge in [-0.2, -0.15) is 0 Å². The van der Waals surface area contributed by atoms with Crippen molar-refractivity contribution >= 4 is 17.5 Å². The number of piperidine rings is 1. The maximum Gasteiger partial charge on any atom is 0.253 e. The molecule has 0 saturated carbocycles. The molecule has 2 heterocycles. The van der Waals surface area contributed by atoms with Crippen LogP contribution >= 0.6 is 11.6 Å². The molecule has 0 atom stereocenters. The molecule has 1 fully saturated rings. The van der Waals surface area contributed by atoms with Gasteiger partial charge in [-0.3, -0.25) is 9.78 Å². The van der Waals surface area contributed by atoms with Crippen molar-refractivity contribution in [1.82, 2.24) is 15.2 Å². The number of nitrogens with one attached hydrogen (secondary N) is 1. The van der Waals surface area contributed by atoms with Gasteiger partial charge in [-0.1, -0.05) is 11.6 Å². The smallest absolute Gasteiger partial charge is 0.253 e. The van der Waals surface area contributed by atoms with Gasteiger partial charge in [0.2, 0.25) is 0 Å². The molecular weight excluding hydrogens is 262 g/mol. The largest absolute Gasteiger partial charge is 0.347 e. The summed E-state index contributed by atoms with van der Waals surface area (Å²) >= 11 is 6.01. The first kappa shape index (κ1) is 14.3. The maximum atomic E-state index is 12.3. The third-order valence-electron chi connectivity index (χ3n) is 3.90. The van der Waals surface area contributed by atoms with Crippen molar-refractivity contribution in [3.8, 4) is 0 Å². The monoisotopic (exact) mass is 281 g/mol. The summed E-state index contributed by atoms with van der Waals surface area (Å²) in [4.78, 5) is 18.6. The number of amides is 1. The van der Waals surface area contributed by atoms with Gasteiger partial charge in [-0.15, -0.1) is 0 Å². The number of likely N-dealkylation sites (tertiary alicyclic amines) is 1. The highest BCUT2D eigenvalue weighted by Gasteiger charge is 2.31. The van der Waals surface area contributed by atoms with Crippen LogP contribution in [-0.4, -0.2) is 41.5 Å². The quantitative estimate of drug-likeness (QED) is 0.904. The number of rotatable bonds is 2. The highest BCUT2D eigenvalue weighted by molar-refractivity contribution is 6.31. The Kier molecular flexibility index (Phi) is 4.11. The fourth-order valence-corrected chi connectivity index (χ4v) is 2.47. The van der Waals surface area contributed by atoms with Gasteiger partial charge >= 0.3 is 0 Å². The zero-order valence-corrected chi connectivity index (χ0v) is 12.4. The Balaban J connectivity index is 2.11. The standard InChI is InChI=1S/C14H20ClN3O/c1-10-11(8-16-9-12(10)15)13(19)17-14(2)4-6-18(3)7-5-14/h8-9H,4-7H2,1-3H3,(H,17,19). The molecule has 1 N–H and O–H groups in total. The number of hydrogen-bond acceptors (Lipinski definition) is 3. The van der Waals surface area contributed by atoms with Crippen LogP contribution in [0.3, 0.4) is 0 Å². The molecule has 0 bridgehead atoms. The summed E-state index contributed by atoms with van der Waals surface area (Å²) < 4.78 is 0. The molecular formula is C14H20ClN3O. The Morgan fingerprint density at radius 1 is 1.42 bits per heavy atom. The third kappa shape index (κ3) is 3.25. The van der Waals surface area contributed by atoms with Crippen molar-refractivity contribution in [3.63, 3.8) is 0 Å². The third-order valence-corrected chi connectivity index (χ3v) is 4.29. The lowest BCUT2D eigenvalue weighted by Crippen LogP contribution is -2.52. The Labute approximate surface area is 119 Å². The van der Waals surface area contributed by atoms with Gasteiger partial charge in [0.05, 0.1) is 10.6 Å². The van der Waals surface area contributed by atoms with E-state index in [1.165, 1.54) is 0 Å². The van der Waals surface area contributed by atoms with Crippen LogP contribution in [0, 0.1) is 6.92 Å². The molecule has 1 aliphatic rings. The second-order valence-electron chi connectivity index (χ2n) is 5.61. The summed E-state index contributed by atoms with van der Waals surface area (Å²) in [5, 5.41) is 3.66. The Bertz CT molecular complexity index is 482. The van der Waals surface area contributed by atoms with Crippen LogP contribution in [0.4, 0.5) is 0 Å². The Morgan fingerprint density at radius 2 is 2.05 bits per heavy atom. The first-order valence-corrected chi connectivity index (χ1v) is 6.90. The van der Waals surface area contributed by atoms with E-state index in [2.05, 4.69) is 29.2 Å². The van der Waals surface area contributed by atoms with Crippen LogP contribution in [0.15, 0.2) is 12.4 Å². The minimum atomic E-state index is -0.141. The predicted octanol–water partition coefficient (Wildman–Crippen LogP) is 2.26. The Hall–Kier alpha value is -1.13. The molecule has 1 aromatic heterocycles. The van der Waals surface area contributed by atoms with Crippen molar-refractivity contribution < 1.29 is 4.79 Å². The molecule has 0 spiro atoms. The Morgan fingerprint density at radius 3 is 2.68 bits per heavy atom. The van der Waals surface area contributed by atoms with Gasteiger partial charge in [0.1, 0.15) is 0 Å². The molecule has 5 heteroatoms. The number of aromatic nitrogens is 1. The highest BCUT2D eigenvalue weighted by Crippen LogP contribution is 2.23. The van der Waals surface area contributed by atoms with Crippen LogP contribution in [0.25, 0.3) is 0 Å². The van der Waals surface area contributed by atoms with Gasteiger partial charge in [-0.25, -0.2) is 0 Å². The molecule has 0 unspecified atom stereocenters. The average molecular weight is 282 g/mol. The van der Waals surface area contributed by atoms with Crippen LogP contribution in [0.1, 0.15) is 35.7 Å². The number of hydrogen-bond donors (Lipinski definition) is 1. The minimum absolute atomic E-state index is 0.0837. The van der Waals surface area contributed by atoms with E-state index in [-0.39, 0.29) is 11.4 Å². The van der Waals surface area contributed by atoms with E-state index in [1.807, 2.05) is 6.92 Å². The number of nitrogens with zero attached hydrogens (tertiary/aromatic N) is 2. The van der Waals surface area contributed by atoms with E-state index >= 15 is 0 Å². The van der Waals surface area contributed by atoms with Crippen molar-refractivity contribution in [1.29, 1.82) is 0 Å². The molecule has 0 radical (unpaired) electrons. The molecule has 1 aromatic rings. The number of carbonyl (C=O) groups excluding carboxylic acids is 1. The van der Waals surface area contributed by atoms with Crippen LogP contribution in [-0.2, 0) is 0 Å². The molecule has 1 aliphatic heterocycles. The summed E-state index contributed by atoms with van der Waals surface area (Å²) in [6.45, 7) is 5.95. The first-order chi connectivity index (χ1) is 8.91. The maximum absolute atomic E-state index is 12.3. The topological polar surface area (TPSA) is 45.2 Å². The molecule has 19 heavy (non-hydrogen) atoms. The van der Waals surface area contributed by atoms with Crippen LogP contribution in [0.5, 0.6) is 0 Å². The molecule has 0 aromatic carbocycles. The average Bonchev–Trinajstić information content (AvgIpc) is 2.36. The molecule has 2 rings (SSSR count). The summed E-state index contributed by atoms with van der Waals surface area (Å²) in [6, 6.07) is 0. The highest BCUT2D eigenvalue weighted by atomic mass is 35.5. The van der Waals surface area contributed by atoms with E-state index in [4.69, 9.17) is 11.6 Å². The molecule has 0 aliphatic carbocycles. The summed E-state index contributed by atoms with van der Waals surface area (Å²) in [5.41, 5.74) is 1.21. The van der Waals surface area contributed by atoms with Gasteiger partial charge in [0.15, 0.2) is 0 Å². The second-order valence-corrected chi connectivity index (χ2v) is 6.02. The predicted molar refractivity (Wildman–Crippen MR) is 76.6 cm³/mol. The first-order valence-electron chi connectivity index (χ1n) is 6.52. The lowest BCUT2D eigenvalue weighted by Gasteiger charge is -2.38. The molecule has 1 saturated heterocycles. The summed E-state index contributed by atoms with van der Waals surface area (Å²) in [5.74, 6) is -0.0837. The van der Waals surface area contributed by atoms with Crippen molar-refractivity contribution in [2.45, 2.75) is 32.2 Å². The van der Waals surface area contributed by atoms with E-state index in [1.54, 1.807) is 12.4 Å². The molecule has 4 nitrogen and oxygen atoms in total. The number of halogens is 1. The van der Waals surface area contributed by atoms with Crippen LogP contribution < -0.4 is 5.32 Å². The lowest BCUT2D eigenvalue weighted by molar-refractivity contribution is 0.0851. The zero-order chi connectivity index (χ0) is 14.0. The summed E-state index contributed by atoms with van der Waals surface area (Å²) in [6.07, 6.45) is 5.06. The second kappa shape index (κ2) is 5.47. The normalized spacial score (nSPS) is 19.2. The van der Waals surface area contributed by atoms with Gasteiger partial charge in [0, 0.05) is 31.0 Å². The van der Waals surface area contributed by atoms with E-state index in [0.29, 0.717) is 10.6 Å². The van der Waals surface area contributed by atoms with Gasteiger partial charge in [0.25, 0.3) is 5.91 Å². The van der Waals surface area contributed by atoms with E-state index in [0.717, 1.165) is 31.5 Å². The molecule has 104 valence electrons. The zero-order valence-electron chi connectivity index (χ0n) is 11.7. The van der Waals surface area contributed by atoms with Gasteiger partial charge < -0.3 is 10.2 Å². The SMILES string of the molecule is Cc1c(Cl)cncc1C(=O)NC1(C)CCN(C)CC1. The minimum Gasteiger partial charge on any atom is -0.347 e. The van der Waals surface area contributed by atoms with Crippen molar-refractivity contribution in [3.05, 3.63) is 28.5 Å². The number of carbonyl (C=O) groups is 1. The fourth-order valence-electron chi connectivity index (χ4n) is 2.31. The van der Waals surface area contributed by atoms with Crippen molar-refractivity contribution in [2.75, 3.05) is 20.1 Å². The van der Waals surface area contributed by atoms with Gasteiger partial charge in [-0.05, 0) is 39.3 Å². The summed E-state index contributed by atoms with van der Waals surface area (Å²) in [7, 11) is 2.10. The van der Waals surface area contributed by atoms with E-state index < -0.39 is 0 Å². The lowest BCUT2D eigenvalue weighted by atomic mass is 9.89. The fraction of sp³-hybridized carbons (Fsp3) is 0.571. The molecule has 1 amide bonds.